The van der Waals surface area contributed by atoms with Crippen molar-refractivity contribution in [3.05, 3.63) is 11.6 Å². The maximum absolute atomic E-state index is 12.8. The molecule has 4 nitrogen and oxygen atoms in total. The SMILES string of the molecule is CC1(C)C[C@@H]2C3=CC[C@@H]4[C@@]5(C)CC[C@H](O)C(C)(C)[C@@H]5CC[C@@]4(C)[C@]3(C)CC[C@@]2(C(=O)O)C[C@@H]1O. The Morgan fingerprint density at radius 2 is 1.53 bits per heavy atom. The number of aliphatic hydroxyl groups is 2. The van der Waals surface area contributed by atoms with Crippen molar-refractivity contribution in [1.82, 2.24) is 0 Å². The summed E-state index contributed by atoms with van der Waals surface area (Å²) in [5.41, 5.74) is 0.558. The molecule has 4 heteroatoms. The monoisotopic (exact) mass is 472 g/mol. The van der Waals surface area contributed by atoms with E-state index in [-0.39, 0.29) is 39.1 Å². The van der Waals surface area contributed by atoms with Gasteiger partial charge in [0.2, 0.25) is 0 Å². The van der Waals surface area contributed by atoms with E-state index >= 15 is 0 Å². The Hall–Kier alpha value is -0.870. The highest BCUT2D eigenvalue weighted by atomic mass is 16.4. The number of hydrogen-bond donors (Lipinski definition) is 3. The van der Waals surface area contributed by atoms with Crippen LogP contribution in [0.25, 0.3) is 0 Å². The average molecular weight is 473 g/mol. The summed E-state index contributed by atoms with van der Waals surface area (Å²) in [5.74, 6) is 0.376. The zero-order valence-corrected chi connectivity index (χ0v) is 22.6. The van der Waals surface area contributed by atoms with Gasteiger partial charge < -0.3 is 15.3 Å². The lowest BCUT2D eigenvalue weighted by Crippen LogP contribution is -2.65. The summed E-state index contributed by atoms with van der Waals surface area (Å²) in [6, 6.07) is 0. The fourth-order valence-electron chi connectivity index (χ4n) is 10.6. The summed E-state index contributed by atoms with van der Waals surface area (Å²) in [7, 11) is 0. The molecule has 0 radical (unpaired) electrons. The highest BCUT2D eigenvalue weighted by Crippen LogP contribution is 2.75. The summed E-state index contributed by atoms with van der Waals surface area (Å²) in [6.45, 7) is 16.3. The second-order valence-corrected chi connectivity index (χ2v) is 15.1. The van der Waals surface area contributed by atoms with Crippen LogP contribution >= 0.6 is 0 Å². The average Bonchev–Trinajstić information content (AvgIpc) is 2.72. The van der Waals surface area contributed by atoms with E-state index in [9.17, 15) is 20.1 Å². The molecule has 0 amide bonds. The van der Waals surface area contributed by atoms with Gasteiger partial charge in [0.05, 0.1) is 17.6 Å². The molecule has 192 valence electrons. The molecule has 0 spiro atoms. The fraction of sp³-hybridized carbons (Fsp3) is 0.900. The molecule has 34 heavy (non-hydrogen) atoms. The first-order chi connectivity index (χ1) is 15.6. The van der Waals surface area contributed by atoms with E-state index in [1.54, 1.807) is 0 Å². The number of aliphatic carboxylic acids is 1. The van der Waals surface area contributed by atoms with Crippen molar-refractivity contribution in [2.75, 3.05) is 0 Å². The summed E-state index contributed by atoms with van der Waals surface area (Å²) in [5, 5.41) is 32.3. The molecule has 0 aromatic rings. The van der Waals surface area contributed by atoms with Gasteiger partial charge in [-0.2, -0.15) is 0 Å². The second kappa shape index (κ2) is 7.12. The Balaban J connectivity index is 1.60. The van der Waals surface area contributed by atoms with Gasteiger partial charge in [0.25, 0.3) is 0 Å². The van der Waals surface area contributed by atoms with E-state index in [0.29, 0.717) is 24.7 Å². The first-order valence-corrected chi connectivity index (χ1v) is 13.9. The largest absolute Gasteiger partial charge is 0.481 e. The Morgan fingerprint density at radius 1 is 0.853 bits per heavy atom. The second-order valence-electron chi connectivity index (χ2n) is 15.1. The molecule has 0 unspecified atom stereocenters. The van der Waals surface area contributed by atoms with Gasteiger partial charge in [-0.05, 0) is 103 Å². The van der Waals surface area contributed by atoms with Crippen LogP contribution in [0.2, 0.25) is 0 Å². The van der Waals surface area contributed by atoms with E-state index in [1.165, 1.54) is 5.57 Å². The molecule has 0 heterocycles. The van der Waals surface area contributed by atoms with Gasteiger partial charge in [-0.25, -0.2) is 0 Å². The van der Waals surface area contributed by atoms with Crippen molar-refractivity contribution in [3.8, 4) is 0 Å². The minimum absolute atomic E-state index is 0.00785. The van der Waals surface area contributed by atoms with Gasteiger partial charge in [0.15, 0.2) is 0 Å². The summed E-state index contributed by atoms with van der Waals surface area (Å²) < 4.78 is 0. The summed E-state index contributed by atoms with van der Waals surface area (Å²) in [6.07, 6.45) is 9.68. The first kappa shape index (κ1) is 24.8. The topological polar surface area (TPSA) is 77.8 Å². The lowest BCUT2D eigenvalue weighted by molar-refractivity contribution is -0.208. The van der Waals surface area contributed by atoms with Gasteiger partial charge in [0.1, 0.15) is 0 Å². The van der Waals surface area contributed by atoms with Gasteiger partial charge in [-0.1, -0.05) is 60.1 Å². The lowest BCUT2D eigenvalue weighted by Gasteiger charge is -2.71. The van der Waals surface area contributed by atoms with Crippen molar-refractivity contribution >= 4 is 5.97 Å². The molecule has 5 aliphatic rings. The predicted molar refractivity (Wildman–Crippen MR) is 134 cm³/mol. The van der Waals surface area contributed by atoms with Gasteiger partial charge in [0, 0.05) is 0 Å². The maximum atomic E-state index is 12.8. The van der Waals surface area contributed by atoms with Crippen LogP contribution in [-0.4, -0.2) is 33.5 Å². The van der Waals surface area contributed by atoms with Crippen LogP contribution in [0.1, 0.15) is 106 Å². The fourth-order valence-corrected chi connectivity index (χ4v) is 10.6. The lowest BCUT2D eigenvalue weighted by atomic mass is 9.33. The standard InChI is InChI=1S/C30H48O4/c1-25(2)16-19-18-8-9-21-27(5)12-11-22(31)26(3,4)20(27)10-13-29(21,7)28(18,6)14-15-30(19,24(33)34)17-23(25)32/h8,19-23,31-32H,9-17H2,1-7H3,(H,33,34)/t19-,20+,21-,22+,23+,27+,28-,29-,30-/m1/s1. The van der Waals surface area contributed by atoms with Crippen molar-refractivity contribution in [2.24, 2.45) is 50.2 Å². The Kier molecular flexibility index (Phi) is 5.20. The molecule has 0 aromatic carbocycles. The Bertz CT molecular complexity index is 919. The Labute approximate surface area is 206 Å². The molecule has 0 aromatic heterocycles. The molecule has 0 bridgehead atoms. The number of fused-ring (bicyclic) bond motifs is 7. The molecule has 4 saturated carbocycles. The van der Waals surface area contributed by atoms with Crippen LogP contribution in [0, 0.1) is 50.2 Å². The zero-order valence-electron chi connectivity index (χ0n) is 22.6. The van der Waals surface area contributed by atoms with Crippen molar-refractivity contribution < 1.29 is 20.1 Å². The van der Waals surface area contributed by atoms with Crippen LogP contribution in [0.5, 0.6) is 0 Å². The first-order valence-electron chi connectivity index (χ1n) is 13.9. The number of carboxylic acid groups (broad SMARTS) is 1. The molecule has 0 aliphatic heterocycles. The predicted octanol–water partition coefficient (Wildman–Crippen LogP) is 6.20. The molecular weight excluding hydrogens is 424 g/mol. The van der Waals surface area contributed by atoms with Gasteiger partial charge >= 0.3 is 5.97 Å². The Morgan fingerprint density at radius 3 is 2.18 bits per heavy atom. The molecular formula is C30H48O4. The van der Waals surface area contributed by atoms with Crippen molar-refractivity contribution in [3.63, 3.8) is 0 Å². The molecule has 3 N–H and O–H groups in total. The third-order valence-corrected chi connectivity index (χ3v) is 13.2. The highest BCUT2D eigenvalue weighted by molar-refractivity contribution is 5.77. The zero-order chi connectivity index (χ0) is 25.1. The smallest absolute Gasteiger partial charge is 0.310 e. The number of allylic oxidation sites excluding steroid dienone is 2. The summed E-state index contributed by atoms with van der Waals surface area (Å²) >= 11 is 0. The number of hydrogen-bond acceptors (Lipinski definition) is 3. The van der Waals surface area contributed by atoms with Gasteiger partial charge in [-0.3, -0.25) is 4.79 Å². The van der Waals surface area contributed by atoms with Crippen LogP contribution in [-0.2, 0) is 4.79 Å². The number of carboxylic acids is 1. The molecule has 5 aliphatic carbocycles. The number of aliphatic hydroxyl groups excluding tert-OH is 2. The van der Waals surface area contributed by atoms with Crippen LogP contribution in [0.4, 0.5) is 0 Å². The highest BCUT2D eigenvalue weighted by Gasteiger charge is 2.69. The van der Waals surface area contributed by atoms with E-state index in [0.717, 1.165) is 44.9 Å². The minimum Gasteiger partial charge on any atom is -0.481 e. The van der Waals surface area contributed by atoms with E-state index < -0.39 is 17.5 Å². The van der Waals surface area contributed by atoms with E-state index in [1.807, 2.05) is 0 Å². The van der Waals surface area contributed by atoms with E-state index in [2.05, 4.69) is 54.5 Å². The van der Waals surface area contributed by atoms with Crippen LogP contribution in [0.15, 0.2) is 11.6 Å². The molecule has 5 rings (SSSR count). The van der Waals surface area contributed by atoms with Crippen LogP contribution < -0.4 is 0 Å². The third kappa shape index (κ3) is 2.82. The normalized spacial score (nSPS) is 53.4. The molecule has 4 fully saturated rings. The molecule has 0 saturated heterocycles. The third-order valence-electron chi connectivity index (χ3n) is 13.2. The summed E-state index contributed by atoms with van der Waals surface area (Å²) in [4.78, 5) is 12.8. The van der Waals surface area contributed by atoms with Gasteiger partial charge in [-0.15, -0.1) is 0 Å². The maximum Gasteiger partial charge on any atom is 0.310 e. The minimum atomic E-state index is -0.832. The number of rotatable bonds is 1. The molecule has 9 atom stereocenters. The van der Waals surface area contributed by atoms with E-state index in [4.69, 9.17) is 0 Å². The van der Waals surface area contributed by atoms with Crippen LogP contribution in [0.3, 0.4) is 0 Å². The quantitative estimate of drug-likeness (QED) is 0.397. The number of carbonyl (C=O) groups is 1. The van der Waals surface area contributed by atoms with Crippen molar-refractivity contribution in [1.29, 1.82) is 0 Å². The van der Waals surface area contributed by atoms with Crippen molar-refractivity contribution in [2.45, 2.75) is 118 Å².